The maximum absolute atomic E-state index is 11.5. The number of amides is 3. The first-order valence-corrected chi connectivity index (χ1v) is 19.3. The van der Waals surface area contributed by atoms with Gasteiger partial charge in [-0.1, -0.05) is 102 Å². The molecule has 0 radical (unpaired) electrons. The van der Waals surface area contributed by atoms with Crippen molar-refractivity contribution >= 4 is 17.7 Å². The quantitative estimate of drug-likeness (QED) is 0.0707. The van der Waals surface area contributed by atoms with Gasteiger partial charge in [0.2, 0.25) is 17.7 Å². The van der Waals surface area contributed by atoms with Gasteiger partial charge in [-0.25, -0.2) is 0 Å². The van der Waals surface area contributed by atoms with E-state index in [2.05, 4.69) is 85.2 Å². The Morgan fingerprint density at radius 2 is 1.00 bits per heavy atom. The van der Waals surface area contributed by atoms with Crippen LogP contribution in [0.3, 0.4) is 0 Å². The summed E-state index contributed by atoms with van der Waals surface area (Å²) in [7, 11) is 0. The molecule has 0 fully saturated rings. The molecule has 0 bridgehead atoms. The number of rotatable bonds is 28. The van der Waals surface area contributed by atoms with E-state index < -0.39 is 0 Å². The first-order valence-electron chi connectivity index (χ1n) is 19.3. The second-order valence-corrected chi connectivity index (χ2v) is 14.3. The maximum atomic E-state index is 11.5. The molecule has 294 valence electrons. The van der Waals surface area contributed by atoms with Crippen LogP contribution in [0.2, 0.25) is 0 Å². The predicted molar refractivity (Wildman–Crippen MR) is 208 cm³/mol. The molecule has 9 heteroatoms. The molecule has 0 aliphatic heterocycles. The predicted octanol–water partition coefficient (Wildman–Crippen LogP) is 8.69. The molecular weight excluding hydrogens is 606 g/mol. The zero-order valence-corrected chi connectivity index (χ0v) is 33.5. The van der Waals surface area contributed by atoms with Crippen LogP contribution in [-0.4, -0.2) is 77.0 Å². The lowest BCUT2D eigenvalue weighted by Crippen LogP contribution is -2.27. The van der Waals surface area contributed by atoms with E-state index >= 15 is 0 Å². The highest BCUT2D eigenvalue weighted by molar-refractivity contribution is 5.76. The molecule has 0 rings (SSSR count). The Morgan fingerprint density at radius 3 is 1.52 bits per heavy atom. The van der Waals surface area contributed by atoms with Gasteiger partial charge in [0.05, 0.1) is 33.0 Å². The van der Waals surface area contributed by atoms with Crippen molar-refractivity contribution in [3.8, 4) is 0 Å². The van der Waals surface area contributed by atoms with Gasteiger partial charge in [-0.3, -0.25) is 14.4 Å². The minimum Gasteiger partial charge on any atom is -0.379 e. The van der Waals surface area contributed by atoms with E-state index in [1.165, 1.54) is 19.3 Å². The Kier molecular flexibility index (Phi) is 40.2. The zero-order chi connectivity index (χ0) is 37.0. The molecule has 48 heavy (non-hydrogen) atoms. The van der Waals surface area contributed by atoms with Crippen molar-refractivity contribution in [3.05, 3.63) is 0 Å². The zero-order valence-electron chi connectivity index (χ0n) is 33.5. The second kappa shape index (κ2) is 38.1. The van der Waals surface area contributed by atoms with E-state index in [1.807, 2.05) is 6.92 Å². The van der Waals surface area contributed by atoms with Gasteiger partial charge in [-0.15, -0.1) is 0 Å². The van der Waals surface area contributed by atoms with E-state index in [0.29, 0.717) is 82.5 Å². The minimum atomic E-state index is 0. The molecule has 2 unspecified atom stereocenters. The van der Waals surface area contributed by atoms with Crippen LogP contribution < -0.4 is 16.0 Å². The van der Waals surface area contributed by atoms with Crippen LogP contribution in [0.25, 0.3) is 0 Å². The van der Waals surface area contributed by atoms with Crippen molar-refractivity contribution in [1.29, 1.82) is 0 Å². The summed E-state index contributed by atoms with van der Waals surface area (Å²) in [5.74, 6) is 3.65. The topological polar surface area (TPSA) is 115 Å². The minimum absolute atomic E-state index is 0. The van der Waals surface area contributed by atoms with Gasteiger partial charge in [0.25, 0.3) is 0 Å². The second-order valence-electron chi connectivity index (χ2n) is 14.3. The Labute approximate surface area is 302 Å². The molecule has 2 atom stereocenters. The van der Waals surface area contributed by atoms with Crippen LogP contribution in [-0.2, 0) is 28.6 Å². The lowest BCUT2D eigenvalue weighted by Gasteiger charge is -2.10. The van der Waals surface area contributed by atoms with Crippen LogP contribution in [0.5, 0.6) is 0 Å². The van der Waals surface area contributed by atoms with Crippen molar-refractivity contribution in [2.45, 2.75) is 147 Å². The summed E-state index contributed by atoms with van der Waals surface area (Å²) in [6.45, 7) is 29.5. The summed E-state index contributed by atoms with van der Waals surface area (Å²) in [5, 5.41) is 8.70. The van der Waals surface area contributed by atoms with E-state index in [4.69, 9.17) is 14.2 Å². The third-order valence-electron chi connectivity index (χ3n) is 7.64. The lowest BCUT2D eigenvalue weighted by atomic mass is 10.0. The molecule has 0 aliphatic rings. The average molecular weight is 694 g/mol. The summed E-state index contributed by atoms with van der Waals surface area (Å²) in [5.41, 5.74) is 0. The molecule has 0 spiro atoms. The molecule has 0 aliphatic carbocycles. The van der Waals surface area contributed by atoms with Crippen LogP contribution in [0.1, 0.15) is 151 Å². The SMILES string of the molecule is CC(C)CCNC(=O)CC(C)C.CCC(C)CCCCNC(=O)CC(C)CC.CCCC(=O)NCCOCCOCCOCCC(C)C.[HH].[HH].[HH]. The summed E-state index contributed by atoms with van der Waals surface area (Å²) in [4.78, 5) is 33.7. The Morgan fingerprint density at radius 1 is 0.500 bits per heavy atom. The number of nitrogens with one attached hydrogen (secondary N) is 3. The fourth-order valence-electron chi connectivity index (χ4n) is 3.96. The van der Waals surface area contributed by atoms with E-state index in [9.17, 15) is 14.4 Å². The number of ether oxygens (including phenoxy) is 3. The van der Waals surface area contributed by atoms with Gasteiger partial charge in [0.15, 0.2) is 0 Å². The highest BCUT2D eigenvalue weighted by Crippen LogP contribution is 2.10. The molecular formula is C39H87N3O6. The number of hydrogen-bond donors (Lipinski definition) is 3. The molecule has 0 saturated heterocycles. The maximum Gasteiger partial charge on any atom is 0.220 e. The largest absolute Gasteiger partial charge is 0.379 e. The third kappa shape index (κ3) is 46.4. The number of carbonyl (C=O) groups is 3. The molecule has 0 aromatic carbocycles. The Hall–Kier alpha value is -1.71. The number of carbonyl (C=O) groups excluding carboxylic acids is 3. The van der Waals surface area contributed by atoms with Crippen LogP contribution in [0.15, 0.2) is 0 Å². The molecule has 0 aromatic heterocycles. The first-order chi connectivity index (χ1) is 22.8. The smallest absolute Gasteiger partial charge is 0.220 e. The van der Waals surface area contributed by atoms with E-state index in [0.717, 1.165) is 57.7 Å². The van der Waals surface area contributed by atoms with Gasteiger partial charge in [0, 0.05) is 49.8 Å². The van der Waals surface area contributed by atoms with Crippen molar-refractivity contribution in [1.82, 2.24) is 16.0 Å². The lowest BCUT2D eigenvalue weighted by molar-refractivity contribution is -0.122. The molecule has 0 heterocycles. The monoisotopic (exact) mass is 694 g/mol. The first kappa shape index (κ1) is 50.7. The van der Waals surface area contributed by atoms with Crippen molar-refractivity contribution in [2.24, 2.45) is 29.6 Å². The van der Waals surface area contributed by atoms with Crippen molar-refractivity contribution in [2.75, 3.05) is 59.3 Å². The third-order valence-corrected chi connectivity index (χ3v) is 7.64. The standard InChI is InChI=1S/C15H31NO4.C14H29NO.C10H21NO.3H2/c1-4-5-15(17)16-7-9-19-11-13-20-12-10-18-8-6-14(2)3;1-5-12(3)9-7-8-10-15-14(16)11-13(4)6-2;1-8(2)5-6-11-10(12)7-9(3)4;;;/h14H,4-13H2,1-3H3,(H,16,17);12-13H,5-11H2,1-4H3,(H,15,16);8-9H,5-7H2,1-4H3,(H,11,12);3*1H. The van der Waals surface area contributed by atoms with Crippen LogP contribution >= 0.6 is 0 Å². The molecule has 9 nitrogen and oxygen atoms in total. The highest BCUT2D eigenvalue weighted by Gasteiger charge is 2.07. The highest BCUT2D eigenvalue weighted by atomic mass is 16.5. The molecule has 3 amide bonds. The van der Waals surface area contributed by atoms with Crippen LogP contribution in [0.4, 0.5) is 0 Å². The van der Waals surface area contributed by atoms with Gasteiger partial charge < -0.3 is 30.2 Å². The van der Waals surface area contributed by atoms with E-state index in [-0.39, 0.29) is 22.0 Å². The summed E-state index contributed by atoms with van der Waals surface area (Å²) < 4.78 is 16.1. The van der Waals surface area contributed by atoms with Crippen LogP contribution in [0, 0.1) is 29.6 Å². The number of unbranched alkanes of at least 4 members (excludes halogenated alkanes) is 1. The summed E-state index contributed by atoms with van der Waals surface area (Å²) >= 11 is 0. The van der Waals surface area contributed by atoms with Gasteiger partial charge in [-0.05, 0) is 55.3 Å². The Balaban J connectivity index is -0.000000149. The van der Waals surface area contributed by atoms with Crippen molar-refractivity contribution in [3.63, 3.8) is 0 Å². The van der Waals surface area contributed by atoms with Gasteiger partial charge in [-0.2, -0.15) is 0 Å². The average Bonchev–Trinajstić information content (AvgIpc) is 3.01. The van der Waals surface area contributed by atoms with E-state index in [1.54, 1.807) is 0 Å². The van der Waals surface area contributed by atoms with Crippen molar-refractivity contribution < 1.29 is 32.9 Å². The summed E-state index contributed by atoms with van der Waals surface area (Å²) in [6.07, 6.45) is 10.9. The summed E-state index contributed by atoms with van der Waals surface area (Å²) in [6, 6.07) is 0. The normalized spacial score (nSPS) is 12.1. The Bertz CT molecular complexity index is 734. The fraction of sp³-hybridized carbons (Fsp3) is 0.923. The molecule has 3 N–H and O–H groups in total. The van der Waals surface area contributed by atoms with Gasteiger partial charge in [0.1, 0.15) is 0 Å². The molecule has 0 saturated carbocycles. The number of hydrogen-bond acceptors (Lipinski definition) is 6. The molecule has 0 aromatic rings. The van der Waals surface area contributed by atoms with Gasteiger partial charge >= 0.3 is 0 Å². The fourth-order valence-corrected chi connectivity index (χ4v) is 3.96.